The molecule has 0 amide bonds. The number of aliphatic hydroxyl groups excluding tert-OH is 1. The minimum atomic E-state index is -0.350. The number of rotatable bonds is 3. The molecule has 0 aromatic heterocycles. The van der Waals surface area contributed by atoms with Crippen LogP contribution in [0, 0.1) is 0 Å². The molecule has 1 heteroatoms. The summed E-state index contributed by atoms with van der Waals surface area (Å²) in [5, 5.41) is 9.46. The summed E-state index contributed by atoms with van der Waals surface area (Å²) in [5.74, 6) is 0.763. The highest BCUT2D eigenvalue weighted by Crippen LogP contribution is 2.42. The highest BCUT2D eigenvalue weighted by molar-refractivity contribution is 5.58. The zero-order valence-electron chi connectivity index (χ0n) is 9.40. The predicted molar refractivity (Wildman–Crippen MR) is 63.7 cm³/mol. The van der Waals surface area contributed by atoms with Gasteiger partial charge in [0.15, 0.2) is 0 Å². The van der Waals surface area contributed by atoms with Crippen LogP contribution >= 0.6 is 0 Å². The van der Waals surface area contributed by atoms with Gasteiger partial charge >= 0.3 is 0 Å². The van der Waals surface area contributed by atoms with Gasteiger partial charge in [-0.2, -0.15) is 0 Å². The summed E-state index contributed by atoms with van der Waals surface area (Å²) >= 11 is 0. The maximum absolute atomic E-state index is 9.46. The minimum Gasteiger partial charge on any atom is -0.389 e. The van der Waals surface area contributed by atoms with Gasteiger partial charge in [0, 0.05) is 0 Å². The molecule has 1 atom stereocenters. The van der Waals surface area contributed by atoms with Gasteiger partial charge in [-0.3, -0.25) is 0 Å². The van der Waals surface area contributed by atoms with Gasteiger partial charge in [0.2, 0.25) is 0 Å². The van der Waals surface area contributed by atoms with Crippen molar-refractivity contribution in [3.05, 3.63) is 41.0 Å². The Hall–Kier alpha value is -1.08. The monoisotopic (exact) mass is 202 g/mol. The van der Waals surface area contributed by atoms with Crippen molar-refractivity contribution in [2.24, 2.45) is 0 Å². The number of aliphatic hydroxyl groups is 1. The van der Waals surface area contributed by atoms with Crippen molar-refractivity contribution in [2.45, 2.75) is 38.7 Å². The van der Waals surface area contributed by atoms with E-state index in [1.54, 1.807) is 0 Å². The van der Waals surface area contributed by atoms with E-state index in [0.29, 0.717) is 0 Å². The third-order valence-electron chi connectivity index (χ3n) is 3.06. The first-order valence-corrected chi connectivity index (χ1v) is 5.63. The molecule has 1 aliphatic carbocycles. The second-order valence-corrected chi connectivity index (χ2v) is 4.47. The Labute approximate surface area is 91.4 Å². The molecule has 80 valence electrons. The van der Waals surface area contributed by atoms with Crippen LogP contribution in [0.2, 0.25) is 0 Å². The van der Waals surface area contributed by atoms with Gasteiger partial charge in [-0.25, -0.2) is 0 Å². The molecule has 0 aliphatic heterocycles. The van der Waals surface area contributed by atoms with Crippen LogP contribution in [0.5, 0.6) is 0 Å². The summed E-state index contributed by atoms with van der Waals surface area (Å²) in [6.07, 6.45) is 4.40. The molecule has 0 heterocycles. The Morgan fingerprint density at radius 3 is 2.67 bits per heavy atom. The van der Waals surface area contributed by atoms with E-state index in [1.807, 2.05) is 13.8 Å². The van der Waals surface area contributed by atoms with Crippen molar-refractivity contribution in [2.75, 3.05) is 0 Å². The Morgan fingerprint density at radius 2 is 2.07 bits per heavy atom. The van der Waals surface area contributed by atoms with Crippen LogP contribution in [0.15, 0.2) is 29.8 Å². The summed E-state index contributed by atoms with van der Waals surface area (Å²) in [4.78, 5) is 0. The van der Waals surface area contributed by atoms with Gasteiger partial charge in [-0.15, -0.1) is 0 Å². The number of hydrogen-bond acceptors (Lipinski definition) is 1. The predicted octanol–water partition coefficient (Wildman–Crippen LogP) is 3.35. The molecule has 2 rings (SSSR count). The van der Waals surface area contributed by atoms with E-state index in [9.17, 15) is 5.11 Å². The largest absolute Gasteiger partial charge is 0.389 e. The molecule has 0 bridgehead atoms. The van der Waals surface area contributed by atoms with Crippen molar-refractivity contribution in [1.82, 2.24) is 0 Å². The molecule has 1 aromatic carbocycles. The topological polar surface area (TPSA) is 20.2 Å². The Balaban J connectivity index is 2.31. The van der Waals surface area contributed by atoms with E-state index < -0.39 is 0 Å². The molecule has 0 spiro atoms. The average molecular weight is 202 g/mol. The van der Waals surface area contributed by atoms with Crippen molar-refractivity contribution < 1.29 is 5.11 Å². The van der Waals surface area contributed by atoms with E-state index >= 15 is 0 Å². The third kappa shape index (κ3) is 2.48. The molecule has 0 saturated heterocycles. The lowest BCUT2D eigenvalue weighted by Gasteiger charge is -2.08. The van der Waals surface area contributed by atoms with E-state index in [4.69, 9.17) is 0 Å². The molecule has 15 heavy (non-hydrogen) atoms. The highest BCUT2D eigenvalue weighted by atomic mass is 16.3. The summed E-state index contributed by atoms with van der Waals surface area (Å²) in [5.41, 5.74) is 3.75. The molecule has 1 N–H and O–H groups in total. The van der Waals surface area contributed by atoms with Crippen LogP contribution in [-0.4, -0.2) is 11.2 Å². The third-order valence-corrected chi connectivity index (χ3v) is 3.06. The molecule has 1 nitrogen and oxygen atoms in total. The van der Waals surface area contributed by atoms with Crippen LogP contribution in [0.3, 0.4) is 0 Å². The first kappa shape index (κ1) is 10.4. The van der Waals surface area contributed by atoms with Gasteiger partial charge < -0.3 is 5.11 Å². The number of benzene rings is 1. The van der Waals surface area contributed by atoms with Crippen LogP contribution in [-0.2, 0) is 0 Å². The van der Waals surface area contributed by atoms with Gasteiger partial charge in [0.25, 0.3) is 0 Å². The molecule has 1 aliphatic rings. The van der Waals surface area contributed by atoms with E-state index in [-0.39, 0.29) is 6.10 Å². The second kappa shape index (κ2) is 4.19. The van der Waals surface area contributed by atoms with Gasteiger partial charge in [-0.1, -0.05) is 30.3 Å². The van der Waals surface area contributed by atoms with Crippen molar-refractivity contribution in [1.29, 1.82) is 0 Å². The summed E-state index contributed by atoms with van der Waals surface area (Å²) in [7, 11) is 0. The molecular weight excluding hydrogens is 184 g/mol. The summed E-state index contributed by atoms with van der Waals surface area (Å²) in [6.45, 7) is 3.79. The molecule has 1 saturated carbocycles. The fourth-order valence-electron chi connectivity index (χ4n) is 1.77. The van der Waals surface area contributed by atoms with Crippen molar-refractivity contribution in [3.8, 4) is 0 Å². The van der Waals surface area contributed by atoms with Crippen LogP contribution in [0.25, 0.3) is 6.08 Å². The first-order chi connectivity index (χ1) is 7.18. The smallest absolute Gasteiger partial charge is 0.0722 e. The van der Waals surface area contributed by atoms with E-state index in [1.165, 1.54) is 24.0 Å². The van der Waals surface area contributed by atoms with Crippen LogP contribution in [0.4, 0.5) is 0 Å². The summed E-state index contributed by atoms with van der Waals surface area (Å²) < 4.78 is 0. The Morgan fingerprint density at radius 1 is 1.40 bits per heavy atom. The van der Waals surface area contributed by atoms with Gasteiger partial charge in [0.05, 0.1) is 6.10 Å². The molecule has 1 fully saturated rings. The maximum atomic E-state index is 9.46. The Kier molecular flexibility index (Phi) is 2.92. The summed E-state index contributed by atoms with van der Waals surface area (Å²) in [6, 6.07) is 8.51. The van der Waals surface area contributed by atoms with Gasteiger partial charge in [-0.05, 0) is 49.3 Å². The quantitative estimate of drug-likeness (QED) is 0.797. The zero-order valence-corrected chi connectivity index (χ0v) is 9.40. The van der Waals surface area contributed by atoms with Crippen LogP contribution in [0.1, 0.15) is 43.7 Å². The fourth-order valence-corrected chi connectivity index (χ4v) is 1.77. The number of hydrogen-bond donors (Lipinski definition) is 1. The first-order valence-electron chi connectivity index (χ1n) is 5.63. The van der Waals surface area contributed by atoms with Gasteiger partial charge in [0.1, 0.15) is 0 Å². The maximum Gasteiger partial charge on any atom is 0.0722 e. The van der Waals surface area contributed by atoms with Crippen molar-refractivity contribution in [3.63, 3.8) is 0 Å². The molecule has 0 radical (unpaired) electrons. The van der Waals surface area contributed by atoms with Crippen molar-refractivity contribution >= 4 is 6.08 Å². The lowest BCUT2D eigenvalue weighted by molar-refractivity contribution is 0.232. The van der Waals surface area contributed by atoms with E-state index in [2.05, 4.69) is 30.3 Å². The van der Waals surface area contributed by atoms with Crippen LogP contribution < -0.4 is 0 Å². The normalized spacial score (nSPS) is 19.0. The lowest BCUT2D eigenvalue weighted by Crippen LogP contribution is -2.00. The molecule has 1 aromatic rings. The molecule has 1 unspecified atom stereocenters. The lowest BCUT2D eigenvalue weighted by atomic mass is 10.0. The highest BCUT2D eigenvalue weighted by Gasteiger charge is 2.24. The fraction of sp³-hybridized carbons (Fsp3) is 0.429. The minimum absolute atomic E-state index is 0.350. The molecular formula is C14H18O. The standard InChI is InChI=1S/C14H18O/c1-10(11(2)15)9-13-5-3-4-6-14(13)12-7-8-12/h3-6,9,11-12,15H,7-8H2,1-2H3/b10-9+. The zero-order chi connectivity index (χ0) is 10.8. The average Bonchev–Trinajstić information content (AvgIpc) is 3.02. The second-order valence-electron chi connectivity index (χ2n) is 4.47. The SMILES string of the molecule is C/C(=C\c1ccccc1C1CC1)C(C)O. The Bertz CT molecular complexity index is 373. The van der Waals surface area contributed by atoms with E-state index in [0.717, 1.165) is 11.5 Å².